The van der Waals surface area contributed by atoms with Gasteiger partial charge in [0.2, 0.25) is 0 Å². The van der Waals surface area contributed by atoms with Crippen molar-refractivity contribution < 1.29 is 4.42 Å². The summed E-state index contributed by atoms with van der Waals surface area (Å²) in [6.07, 6.45) is 3.13. The minimum absolute atomic E-state index is 0.605. The number of nitrogens with zero attached hydrogens (tertiary/aromatic N) is 3. The van der Waals surface area contributed by atoms with Crippen LogP contribution in [0, 0.1) is 0 Å². The van der Waals surface area contributed by atoms with E-state index in [1.165, 1.54) is 6.33 Å². The molecular weight excluding hydrogens is 222 g/mol. The van der Waals surface area contributed by atoms with E-state index in [4.69, 9.17) is 4.42 Å². The van der Waals surface area contributed by atoms with E-state index in [9.17, 15) is 0 Å². The first-order valence-corrected chi connectivity index (χ1v) is 4.21. The lowest BCUT2D eigenvalue weighted by Gasteiger charge is -1.96. The van der Waals surface area contributed by atoms with Crippen molar-refractivity contribution in [1.82, 2.24) is 14.8 Å². The molecule has 2 aromatic rings. The van der Waals surface area contributed by atoms with Crippen molar-refractivity contribution in [2.75, 3.05) is 0 Å². The number of aromatic nitrogens is 3. The fraction of sp³-hybridized carbons (Fsp3) is 0.143. The van der Waals surface area contributed by atoms with Crippen molar-refractivity contribution in [3.8, 4) is 0 Å². The highest BCUT2D eigenvalue weighted by Crippen LogP contribution is 2.07. The van der Waals surface area contributed by atoms with Crippen LogP contribution >= 0.6 is 15.9 Å². The lowest BCUT2D eigenvalue weighted by atomic mass is 10.4. The van der Waals surface area contributed by atoms with Crippen LogP contribution in [0.25, 0.3) is 0 Å². The van der Waals surface area contributed by atoms with Gasteiger partial charge in [0.05, 0.1) is 6.26 Å². The van der Waals surface area contributed by atoms with Gasteiger partial charge in [0, 0.05) is 0 Å². The lowest BCUT2D eigenvalue weighted by molar-refractivity contribution is 0.476. The first kappa shape index (κ1) is 7.54. The summed E-state index contributed by atoms with van der Waals surface area (Å²) in [6.45, 7) is 0.605. The summed E-state index contributed by atoms with van der Waals surface area (Å²) >= 11 is 3.26. The number of hydrogen-bond acceptors (Lipinski definition) is 3. The maximum atomic E-state index is 5.15. The summed E-state index contributed by atoms with van der Waals surface area (Å²) in [6, 6.07) is 3.74. The van der Waals surface area contributed by atoms with Crippen LogP contribution in [-0.2, 0) is 6.54 Å². The topological polar surface area (TPSA) is 43.9 Å². The highest BCUT2D eigenvalue weighted by molar-refractivity contribution is 9.10. The van der Waals surface area contributed by atoms with E-state index in [1.54, 1.807) is 10.9 Å². The summed E-state index contributed by atoms with van der Waals surface area (Å²) < 4.78 is 7.57. The van der Waals surface area contributed by atoms with Gasteiger partial charge in [0.1, 0.15) is 18.6 Å². The number of furan rings is 1. The molecule has 0 aliphatic heterocycles. The van der Waals surface area contributed by atoms with Crippen LogP contribution in [0.5, 0.6) is 0 Å². The molecule has 4 nitrogen and oxygen atoms in total. The summed E-state index contributed by atoms with van der Waals surface area (Å²) in [5.74, 6) is 0.862. The zero-order chi connectivity index (χ0) is 8.39. The molecule has 0 aliphatic carbocycles. The molecule has 0 atom stereocenters. The molecule has 0 spiro atoms. The van der Waals surface area contributed by atoms with E-state index in [1.807, 2.05) is 12.1 Å². The van der Waals surface area contributed by atoms with Crippen molar-refractivity contribution in [3.63, 3.8) is 0 Å². The summed E-state index contributed by atoms with van der Waals surface area (Å²) in [5.41, 5.74) is 0. The number of halogens is 1. The number of rotatable bonds is 2. The molecule has 0 N–H and O–H groups in total. The van der Waals surface area contributed by atoms with E-state index < -0.39 is 0 Å². The van der Waals surface area contributed by atoms with Crippen LogP contribution in [-0.4, -0.2) is 14.8 Å². The Balaban J connectivity index is 2.20. The molecule has 2 heterocycles. The van der Waals surface area contributed by atoms with Crippen molar-refractivity contribution in [2.24, 2.45) is 0 Å². The molecule has 0 amide bonds. The Morgan fingerprint density at radius 2 is 2.50 bits per heavy atom. The van der Waals surface area contributed by atoms with E-state index >= 15 is 0 Å². The van der Waals surface area contributed by atoms with Crippen LogP contribution in [0.3, 0.4) is 0 Å². The Kier molecular flexibility index (Phi) is 1.95. The second-order valence-corrected chi connectivity index (χ2v) is 2.98. The maximum Gasteiger partial charge on any atom is 0.195 e. The highest BCUT2D eigenvalue weighted by Gasteiger charge is 2.02. The van der Waals surface area contributed by atoms with Crippen LogP contribution in [0.4, 0.5) is 0 Å². The quantitative estimate of drug-likeness (QED) is 0.785. The first-order valence-electron chi connectivity index (χ1n) is 3.42. The minimum Gasteiger partial charge on any atom is -0.467 e. The molecule has 0 bridgehead atoms. The highest BCUT2D eigenvalue weighted by atomic mass is 79.9. The predicted octanol–water partition coefficient (Wildman–Crippen LogP) is 1.68. The third kappa shape index (κ3) is 1.40. The van der Waals surface area contributed by atoms with Crippen LogP contribution in [0.15, 0.2) is 33.9 Å². The van der Waals surface area contributed by atoms with Gasteiger partial charge in [-0.05, 0) is 28.1 Å². The standard InChI is InChI=1S/C7H6BrN3O/c8-7-9-5-10-11(7)4-6-2-1-3-12-6/h1-3,5H,4H2. The largest absolute Gasteiger partial charge is 0.467 e. The molecule has 2 rings (SSSR count). The molecule has 62 valence electrons. The maximum absolute atomic E-state index is 5.15. The average molecular weight is 228 g/mol. The second-order valence-electron chi connectivity index (χ2n) is 2.27. The number of hydrogen-bond donors (Lipinski definition) is 0. The summed E-state index contributed by atoms with van der Waals surface area (Å²) in [4.78, 5) is 3.92. The molecule has 2 aromatic heterocycles. The SMILES string of the molecule is Brc1ncnn1Cc1ccco1. The fourth-order valence-electron chi connectivity index (χ4n) is 0.906. The molecule has 0 saturated heterocycles. The third-order valence-corrected chi connectivity index (χ3v) is 2.07. The van der Waals surface area contributed by atoms with Crippen LogP contribution in [0.1, 0.15) is 5.76 Å². The minimum atomic E-state index is 0.605. The van der Waals surface area contributed by atoms with Gasteiger partial charge >= 0.3 is 0 Å². The molecule has 0 aromatic carbocycles. The Bertz CT molecular complexity index is 354. The smallest absolute Gasteiger partial charge is 0.195 e. The molecule has 0 saturated carbocycles. The zero-order valence-corrected chi connectivity index (χ0v) is 7.73. The van der Waals surface area contributed by atoms with Gasteiger partial charge < -0.3 is 4.42 Å². The van der Waals surface area contributed by atoms with Gasteiger partial charge in [-0.2, -0.15) is 5.10 Å². The van der Waals surface area contributed by atoms with Gasteiger partial charge in [-0.3, -0.25) is 0 Å². The molecule has 0 aliphatic rings. The van der Waals surface area contributed by atoms with Crippen LogP contribution in [0.2, 0.25) is 0 Å². The second kappa shape index (κ2) is 3.10. The van der Waals surface area contributed by atoms with Gasteiger partial charge in [-0.25, -0.2) is 9.67 Å². The average Bonchev–Trinajstić information content (AvgIpc) is 2.65. The Morgan fingerprint density at radius 3 is 3.08 bits per heavy atom. The van der Waals surface area contributed by atoms with Crippen LogP contribution < -0.4 is 0 Å². The Labute approximate surface area is 77.3 Å². The van der Waals surface area contributed by atoms with Gasteiger partial charge in [0.25, 0.3) is 0 Å². The molecule has 0 radical (unpaired) electrons. The molecular formula is C7H6BrN3O. The molecule has 0 fully saturated rings. The first-order chi connectivity index (χ1) is 5.86. The Hall–Kier alpha value is -1.10. The normalized spacial score (nSPS) is 10.4. The van der Waals surface area contributed by atoms with Crippen molar-refractivity contribution in [3.05, 3.63) is 35.2 Å². The fourth-order valence-corrected chi connectivity index (χ4v) is 1.21. The van der Waals surface area contributed by atoms with Gasteiger partial charge in [-0.1, -0.05) is 0 Å². The molecule has 0 unspecified atom stereocenters. The summed E-state index contributed by atoms with van der Waals surface area (Å²) in [7, 11) is 0. The van der Waals surface area contributed by atoms with E-state index in [-0.39, 0.29) is 0 Å². The predicted molar refractivity (Wildman–Crippen MR) is 45.5 cm³/mol. The van der Waals surface area contributed by atoms with Crippen molar-refractivity contribution >= 4 is 15.9 Å². The Morgan fingerprint density at radius 1 is 1.58 bits per heavy atom. The van der Waals surface area contributed by atoms with Crippen molar-refractivity contribution in [2.45, 2.75) is 6.54 Å². The third-order valence-electron chi connectivity index (χ3n) is 1.45. The van der Waals surface area contributed by atoms with Gasteiger partial charge in [0.15, 0.2) is 4.73 Å². The molecule has 12 heavy (non-hydrogen) atoms. The lowest BCUT2D eigenvalue weighted by Crippen LogP contribution is -2.00. The zero-order valence-electron chi connectivity index (χ0n) is 6.14. The van der Waals surface area contributed by atoms with E-state index in [0.29, 0.717) is 11.3 Å². The van der Waals surface area contributed by atoms with Crippen molar-refractivity contribution in [1.29, 1.82) is 0 Å². The van der Waals surface area contributed by atoms with E-state index in [0.717, 1.165) is 5.76 Å². The van der Waals surface area contributed by atoms with E-state index in [2.05, 4.69) is 26.0 Å². The van der Waals surface area contributed by atoms with Gasteiger partial charge in [-0.15, -0.1) is 0 Å². The summed E-state index contributed by atoms with van der Waals surface area (Å²) in [5, 5.41) is 3.99. The monoisotopic (exact) mass is 227 g/mol. The molecule has 5 heteroatoms.